The van der Waals surface area contributed by atoms with Crippen molar-refractivity contribution in [1.82, 2.24) is 9.80 Å². The van der Waals surface area contributed by atoms with Crippen LogP contribution in [-0.2, 0) is 4.79 Å². The molecule has 2 atom stereocenters. The zero-order valence-electron chi connectivity index (χ0n) is 11.7. The van der Waals surface area contributed by atoms with Crippen LogP contribution in [0.2, 0.25) is 0 Å². The number of likely N-dealkylation sites (N-methyl/N-ethyl adjacent to an activating group) is 1. The highest BCUT2D eigenvalue weighted by atomic mass is 19.2. The molecule has 0 unspecified atom stereocenters. The number of nitrogens with one attached hydrogen (secondary N) is 1. The van der Waals surface area contributed by atoms with Gasteiger partial charge in [0.05, 0.1) is 11.3 Å². The lowest BCUT2D eigenvalue weighted by molar-refractivity contribution is -0.119. The zero-order chi connectivity index (χ0) is 15.3. The summed E-state index contributed by atoms with van der Waals surface area (Å²) >= 11 is 0. The first kappa shape index (κ1) is 13.9. The van der Waals surface area contributed by atoms with Crippen molar-refractivity contribution in [2.75, 3.05) is 26.0 Å². The van der Waals surface area contributed by atoms with E-state index in [0.29, 0.717) is 13.0 Å². The van der Waals surface area contributed by atoms with E-state index >= 15 is 0 Å². The quantitative estimate of drug-likeness (QED) is 0.843. The van der Waals surface area contributed by atoms with Gasteiger partial charge in [0.1, 0.15) is 6.04 Å². The predicted octanol–water partition coefficient (Wildman–Crippen LogP) is 1.06. The van der Waals surface area contributed by atoms with Crippen LogP contribution >= 0.6 is 0 Å². The molecule has 21 heavy (non-hydrogen) atoms. The third-order valence-electron chi connectivity index (χ3n) is 4.12. The monoisotopic (exact) mass is 295 g/mol. The highest BCUT2D eigenvalue weighted by Gasteiger charge is 2.43. The number of carbonyl (C=O) groups excluding carboxylic acids is 2. The van der Waals surface area contributed by atoms with Gasteiger partial charge in [-0.15, -0.1) is 0 Å². The van der Waals surface area contributed by atoms with Gasteiger partial charge in [0.2, 0.25) is 5.91 Å². The van der Waals surface area contributed by atoms with Crippen molar-refractivity contribution in [2.24, 2.45) is 0 Å². The summed E-state index contributed by atoms with van der Waals surface area (Å²) in [5, 5.41) is 2.53. The Labute approximate surface area is 120 Å². The first-order chi connectivity index (χ1) is 9.88. The van der Waals surface area contributed by atoms with Crippen molar-refractivity contribution >= 4 is 17.5 Å². The number of hydrogen-bond donors (Lipinski definition) is 1. The van der Waals surface area contributed by atoms with E-state index in [0.717, 1.165) is 12.1 Å². The lowest BCUT2D eigenvalue weighted by atomic mass is 10.1. The minimum atomic E-state index is -1.10. The van der Waals surface area contributed by atoms with Crippen LogP contribution < -0.4 is 5.32 Å². The smallest absolute Gasteiger partial charge is 0.256 e. The number of anilines is 1. The third kappa shape index (κ3) is 2.17. The maximum atomic E-state index is 13.4. The Morgan fingerprint density at radius 2 is 1.90 bits per heavy atom. The van der Waals surface area contributed by atoms with Gasteiger partial charge >= 0.3 is 0 Å². The maximum absolute atomic E-state index is 13.4. The molecule has 1 aromatic carbocycles. The summed E-state index contributed by atoms with van der Waals surface area (Å²) in [4.78, 5) is 28.1. The molecule has 0 saturated carbocycles. The van der Waals surface area contributed by atoms with Gasteiger partial charge in [-0.05, 0) is 26.6 Å². The number of fused-ring (bicyclic) bond motifs is 2. The van der Waals surface area contributed by atoms with Crippen LogP contribution in [0.3, 0.4) is 0 Å². The molecule has 5 nitrogen and oxygen atoms in total. The molecule has 0 radical (unpaired) electrons. The molecule has 2 heterocycles. The molecule has 7 heteroatoms. The topological polar surface area (TPSA) is 52.7 Å². The predicted molar refractivity (Wildman–Crippen MR) is 71.9 cm³/mol. The summed E-state index contributed by atoms with van der Waals surface area (Å²) in [7, 11) is 3.75. The molecule has 0 aromatic heterocycles. The molecule has 1 saturated heterocycles. The molecule has 0 bridgehead atoms. The molecule has 2 aliphatic heterocycles. The van der Waals surface area contributed by atoms with Gasteiger partial charge in [0.25, 0.3) is 5.91 Å². The fraction of sp³-hybridized carbons (Fsp3) is 0.429. The van der Waals surface area contributed by atoms with Crippen LogP contribution in [-0.4, -0.2) is 54.3 Å². The summed E-state index contributed by atoms with van der Waals surface area (Å²) in [5.74, 6) is -3.00. The lowest BCUT2D eigenvalue weighted by Gasteiger charge is -2.21. The molecule has 3 rings (SSSR count). The van der Waals surface area contributed by atoms with E-state index < -0.39 is 23.6 Å². The van der Waals surface area contributed by atoms with Crippen molar-refractivity contribution in [3.8, 4) is 0 Å². The highest BCUT2D eigenvalue weighted by Crippen LogP contribution is 2.31. The SMILES string of the molecule is CN(C)[C@@H]1C[C@H]2C(=O)Nc3cc(F)c(F)cc3C(=O)N2C1. The van der Waals surface area contributed by atoms with E-state index in [4.69, 9.17) is 0 Å². The minimum absolute atomic E-state index is 0.0100. The fourth-order valence-electron chi connectivity index (χ4n) is 2.86. The van der Waals surface area contributed by atoms with Gasteiger partial charge in [-0.2, -0.15) is 0 Å². The number of nitrogens with zero attached hydrogens (tertiary/aromatic N) is 2. The number of amides is 2. The number of carbonyl (C=O) groups is 2. The normalized spacial score (nSPS) is 24.7. The summed E-state index contributed by atoms with van der Waals surface area (Å²) < 4.78 is 26.7. The Balaban J connectivity index is 2.03. The van der Waals surface area contributed by atoms with E-state index in [1.54, 1.807) is 0 Å². The maximum Gasteiger partial charge on any atom is 0.256 e. The molecule has 112 valence electrons. The van der Waals surface area contributed by atoms with Crippen LogP contribution in [0.25, 0.3) is 0 Å². The van der Waals surface area contributed by atoms with Crippen molar-refractivity contribution in [1.29, 1.82) is 0 Å². The summed E-state index contributed by atoms with van der Waals surface area (Å²) in [6.07, 6.45) is 0.503. The first-order valence-corrected chi connectivity index (χ1v) is 6.65. The lowest BCUT2D eigenvalue weighted by Crippen LogP contribution is -2.40. The van der Waals surface area contributed by atoms with E-state index in [1.165, 1.54) is 4.90 Å². The molecular formula is C14H15F2N3O2. The zero-order valence-corrected chi connectivity index (χ0v) is 11.7. The number of rotatable bonds is 1. The van der Waals surface area contributed by atoms with Crippen molar-refractivity contribution in [3.05, 3.63) is 29.3 Å². The molecule has 1 N–H and O–H groups in total. The van der Waals surface area contributed by atoms with Crippen molar-refractivity contribution in [3.63, 3.8) is 0 Å². The van der Waals surface area contributed by atoms with Gasteiger partial charge in [-0.3, -0.25) is 9.59 Å². The Bertz CT molecular complexity index is 633. The summed E-state index contributed by atoms with van der Waals surface area (Å²) in [5.41, 5.74) is 0.0175. The largest absolute Gasteiger partial charge is 0.325 e. The minimum Gasteiger partial charge on any atom is -0.325 e. The first-order valence-electron chi connectivity index (χ1n) is 6.65. The van der Waals surface area contributed by atoms with Gasteiger partial charge in [0.15, 0.2) is 11.6 Å². The average Bonchev–Trinajstić information content (AvgIpc) is 2.83. The second-order valence-corrected chi connectivity index (χ2v) is 5.63. The number of halogens is 2. The highest BCUT2D eigenvalue weighted by molar-refractivity contribution is 6.10. The van der Waals surface area contributed by atoms with E-state index in [9.17, 15) is 18.4 Å². The molecule has 1 aromatic rings. The van der Waals surface area contributed by atoms with Gasteiger partial charge in [0, 0.05) is 18.7 Å². The Hall–Kier alpha value is -2.02. The Morgan fingerprint density at radius 1 is 1.24 bits per heavy atom. The molecule has 2 amide bonds. The van der Waals surface area contributed by atoms with Crippen LogP contribution in [0.1, 0.15) is 16.8 Å². The standard InChI is InChI=1S/C14H15F2N3O2/c1-18(2)7-3-12-13(20)17-11-5-10(16)9(15)4-8(11)14(21)19(12)6-7/h4-5,7,12H,3,6H2,1-2H3,(H,17,20)/t7-,12+/m1/s1. The molecule has 0 spiro atoms. The van der Waals surface area contributed by atoms with Crippen LogP contribution in [0.15, 0.2) is 12.1 Å². The second kappa shape index (κ2) is 4.77. The number of benzene rings is 1. The second-order valence-electron chi connectivity index (χ2n) is 5.63. The van der Waals surface area contributed by atoms with Crippen LogP contribution in [0, 0.1) is 11.6 Å². The van der Waals surface area contributed by atoms with Crippen molar-refractivity contribution < 1.29 is 18.4 Å². The fourth-order valence-corrected chi connectivity index (χ4v) is 2.86. The molecular weight excluding hydrogens is 280 g/mol. The van der Waals surface area contributed by atoms with Gasteiger partial charge in [-0.1, -0.05) is 0 Å². The number of hydrogen-bond acceptors (Lipinski definition) is 3. The van der Waals surface area contributed by atoms with E-state index in [1.807, 2.05) is 19.0 Å². The Morgan fingerprint density at radius 3 is 2.57 bits per heavy atom. The van der Waals surface area contributed by atoms with Gasteiger partial charge in [-0.25, -0.2) is 8.78 Å². The Kier molecular flexibility index (Phi) is 3.16. The van der Waals surface area contributed by atoms with Crippen molar-refractivity contribution in [2.45, 2.75) is 18.5 Å². The average molecular weight is 295 g/mol. The molecule has 1 fully saturated rings. The molecule has 0 aliphatic carbocycles. The summed E-state index contributed by atoms with van der Waals surface area (Å²) in [6, 6.07) is 1.16. The summed E-state index contributed by atoms with van der Waals surface area (Å²) in [6.45, 7) is 0.391. The van der Waals surface area contributed by atoms with Crippen LogP contribution in [0.5, 0.6) is 0 Å². The third-order valence-corrected chi connectivity index (χ3v) is 4.12. The van der Waals surface area contributed by atoms with Gasteiger partial charge < -0.3 is 15.1 Å². The molecule has 2 aliphatic rings. The van der Waals surface area contributed by atoms with E-state index in [2.05, 4.69) is 5.32 Å². The van der Waals surface area contributed by atoms with E-state index in [-0.39, 0.29) is 23.2 Å². The van der Waals surface area contributed by atoms with Crippen LogP contribution in [0.4, 0.5) is 14.5 Å².